The van der Waals surface area contributed by atoms with E-state index in [-0.39, 0.29) is 11.9 Å². The zero-order valence-corrected chi connectivity index (χ0v) is 23.5. The summed E-state index contributed by atoms with van der Waals surface area (Å²) in [6.07, 6.45) is 8.46. The number of hydrogen-bond donors (Lipinski definition) is 2. The van der Waals surface area contributed by atoms with Crippen LogP contribution in [-0.4, -0.2) is 80.6 Å². The highest BCUT2D eigenvalue weighted by atomic mass is 32.2. The van der Waals surface area contributed by atoms with Crippen molar-refractivity contribution in [3.8, 4) is 0 Å². The second-order valence-corrected chi connectivity index (χ2v) is 12.1. The number of carbonyl (C=O) groups is 2. The molecule has 2 N–H and O–H groups in total. The zero-order valence-electron chi connectivity index (χ0n) is 22.7. The van der Waals surface area contributed by atoms with E-state index < -0.39 is 33.8 Å². The standard InChI is InChI=1S/C27H39N5O6S/c1-3-20(24(33)26-29-21-11-7-8-12-23(21)38-26)28-25(34)22(14-13-19-9-5-4-6-10-19)30-27(31-39(2,35)36)32-15-17-37-18-16-32/h7-8,11-12,19-20,22H,3-6,9-10,13-18H2,1-2H3,(H,28,34)(H,30,31)/t20?,22-/m0/s1. The second kappa shape index (κ2) is 13.4. The van der Waals surface area contributed by atoms with Crippen molar-refractivity contribution in [2.24, 2.45) is 10.9 Å². The highest BCUT2D eigenvalue weighted by Crippen LogP contribution is 2.28. The molecule has 0 bridgehead atoms. The maximum Gasteiger partial charge on any atom is 0.266 e. The number of hydrogen-bond acceptors (Lipinski definition) is 8. The molecule has 2 heterocycles. The number of amides is 1. The lowest BCUT2D eigenvalue weighted by Gasteiger charge is -2.31. The van der Waals surface area contributed by atoms with E-state index in [9.17, 15) is 18.0 Å². The van der Waals surface area contributed by atoms with Crippen LogP contribution in [0.1, 0.15) is 69.0 Å². The summed E-state index contributed by atoms with van der Waals surface area (Å²) in [6, 6.07) is 5.37. The molecule has 1 saturated heterocycles. The molecule has 214 valence electrons. The SMILES string of the molecule is CCC(NC(=O)[C@H](CCC1CCCCC1)N=C(NS(C)(=O)=O)N1CCOCC1)C(=O)c1nc2ccccc2o1. The van der Waals surface area contributed by atoms with Crippen molar-refractivity contribution in [3.05, 3.63) is 30.2 Å². The van der Waals surface area contributed by atoms with E-state index in [1.807, 2.05) is 6.07 Å². The van der Waals surface area contributed by atoms with Gasteiger partial charge in [-0.1, -0.05) is 51.2 Å². The Hall–Kier alpha value is -2.99. The van der Waals surface area contributed by atoms with Crippen molar-refractivity contribution in [3.63, 3.8) is 0 Å². The number of para-hydroxylation sites is 2. The Labute approximate surface area is 229 Å². The number of morpholine rings is 1. The quantitative estimate of drug-likeness (QED) is 0.256. The Morgan fingerprint density at radius 2 is 1.87 bits per heavy atom. The van der Waals surface area contributed by atoms with Gasteiger partial charge in [0, 0.05) is 13.1 Å². The molecule has 12 heteroatoms. The number of benzene rings is 1. The van der Waals surface area contributed by atoms with E-state index in [1.54, 1.807) is 30.0 Å². The van der Waals surface area contributed by atoms with E-state index >= 15 is 0 Å². The molecule has 0 spiro atoms. The summed E-state index contributed by atoms with van der Waals surface area (Å²) in [5.74, 6) is -0.272. The Morgan fingerprint density at radius 3 is 2.54 bits per heavy atom. The summed E-state index contributed by atoms with van der Waals surface area (Å²) in [7, 11) is -3.64. The fraction of sp³-hybridized carbons (Fsp3) is 0.630. The van der Waals surface area contributed by atoms with Crippen LogP contribution in [0, 0.1) is 5.92 Å². The molecule has 1 amide bonds. The molecule has 39 heavy (non-hydrogen) atoms. The van der Waals surface area contributed by atoms with Gasteiger partial charge < -0.3 is 19.4 Å². The number of fused-ring (bicyclic) bond motifs is 1. The van der Waals surface area contributed by atoms with Gasteiger partial charge >= 0.3 is 0 Å². The monoisotopic (exact) mass is 561 g/mol. The first kappa shape index (κ1) is 29.0. The number of nitrogens with one attached hydrogen (secondary N) is 2. The predicted molar refractivity (Wildman–Crippen MR) is 148 cm³/mol. The molecule has 2 aliphatic rings. The average molecular weight is 562 g/mol. The molecule has 4 rings (SSSR count). The Morgan fingerprint density at radius 1 is 1.15 bits per heavy atom. The van der Waals surface area contributed by atoms with E-state index in [0.717, 1.165) is 25.5 Å². The van der Waals surface area contributed by atoms with Crippen LogP contribution in [0.25, 0.3) is 11.1 Å². The normalized spacial score (nSPS) is 19.0. The van der Waals surface area contributed by atoms with E-state index in [2.05, 4.69) is 20.0 Å². The summed E-state index contributed by atoms with van der Waals surface area (Å²) in [6.45, 7) is 3.56. The number of ketones is 1. The number of aliphatic imine (C=N–C) groups is 1. The summed E-state index contributed by atoms with van der Waals surface area (Å²) in [5.41, 5.74) is 1.07. The van der Waals surface area contributed by atoms with Crippen LogP contribution in [0.3, 0.4) is 0 Å². The number of nitrogens with zero attached hydrogens (tertiary/aromatic N) is 3. The number of aromatic nitrogens is 1. The molecule has 1 unspecified atom stereocenters. The van der Waals surface area contributed by atoms with Crippen LogP contribution < -0.4 is 10.0 Å². The van der Waals surface area contributed by atoms with Gasteiger partial charge in [-0.3, -0.25) is 14.3 Å². The van der Waals surface area contributed by atoms with Crippen LogP contribution in [0.4, 0.5) is 0 Å². The van der Waals surface area contributed by atoms with Crippen molar-refractivity contribution in [2.45, 2.75) is 70.4 Å². The molecule has 1 aromatic carbocycles. The number of guanidine groups is 1. The Kier molecular flexibility index (Phi) is 9.95. The van der Waals surface area contributed by atoms with Crippen LogP contribution in [0.15, 0.2) is 33.7 Å². The number of Topliss-reactive ketones (excluding diaryl/α,β-unsaturated/α-hetero) is 1. The van der Waals surface area contributed by atoms with Crippen molar-refractivity contribution in [1.29, 1.82) is 0 Å². The first-order chi connectivity index (χ1) is 18.7. The zero-order chi connectivity index (χ0) is 27.8. The van der Waals surface area contributed by atoms with Gasteiger partial charge in [-0.2, -0.15) is 0 Å². The number of rotatable bonds is 10. The van der Waals surface area contributed by atoms with Gasteiger partial charge in [0.2, 0.25) is 27.7 Å². The average Bonchev–Trinajstić information content (AvgIpc) is 3.37. The molecule has 2 fully saturated rings. The lowest BCUT2D eigenvalue weighted by atomic mass is 9.85. The van der Waals surface area contributed by atoms with E-state index in [0.29, 0.717) is 56.2 Å². The van der Waals surface area contributed by atoms with Crippen molar-refractivity contribution < 1.29 is 27.2 Å². The molecule has 2 atom stereocenters. The fourth-order valence-electron chi connectivity index (χ4n) is 5.13. The largest absolute Gasteiger partial charge is 0.434 e. The second-order valence-electron chi connectivity index (χ2n) is 10.3. The minimum absolute atomic E-state index is 0.0571. The van der Waals surface area contributed by atoms with Gasteiger partial charge in [-0.05, 0) is 37.3 Å². The highest BCUT2D eigenvalue weighted by Gasteiger charge is 2.30. The third kappa shape index (κ3) is 8.25. The Balaban J connectivity index is 1.56. The maximum absolute atomic E-state index is 13.6. The van der Waals surface area contributed by atoms with Crippen LogP contribution in [0.5, 0.6) is 0 Å². The van der Waals surface area contributed by atoms with Crippen molar-refractivity contribution >= 4 is 38.8 Å². The first-order valence-electron chi connectivity index (χ1n) is 13.8. The van der Waals surface area contributed by atoms with Crippen molar-refractivity contribution in [2.75, 3.05) is 32.6 Å². The van der Waals surface area contributed by atoms with Gasteiger partial charge in [0.25, 0.3) is 5.89 Å². The van der Waals surface area contributed by atoms with E-state index in [1.165, 1.54) is 19.3 Å². The predicted octanol–water partition coefficient (Wildman–Crippen LogP) is 2.87. The van der Waals surface area contributed by atoms with Gasteiger partial charge in [0.05, 0.1) is 25.5 Å². The van der Waals surface area contributed by atoms with E-state index in [4.69, 9.17) is 9.15 Å². The van der Waals surface area contributed by atoms with Crippen LogP contribution in [0.2, 0.25) is 0 Å². The molecule has 1 aliphatic carbocycles. The maximum atomic E-state index is 13.6. The minimum atomic E-state index is -3.64. The smallest absolute Gasteiger partial charge is 0.266 e. The molecule has 1 aromatic heterocycles. The number of oxazole rings is 1. The fourth-order valence-corrected chi connectivity index (χ4v) is 5.65. The van der Waals surface area contributed by atoms with Crippen LogP contribution in [-0.2, 0) is 19.6 Å². The lowest BCUT2D eigenvalue weighted by Crippen LogP contribution is -2.51. The summed E-state index contributed by atoms with van der Waals surface area (Å²) < 4.78 is 37.9. The minimum Gasteiger partial charge on any atom is -0.434 e. The topological polar surface area (TPSA) is 143 Å². The molecule has 2 aromatic rings. The number of sulfonamides is 1. The number of carbonyl (C=O) groups excluding carboxylic acids is 2. The first-order valence-corrected chi connectivity index (χ1v) is 15.7. The third-order valence-electron chi connectivity index (χ3n) is 7.29. The van der Waals surface area contributed by atoms with Gasteiger partial charge in [0.1, 0.15) is 11.6 Å². The van der Waals surface area contributed by atoms with Crippen LogP contribution >= 0.6 is 0 Å². The molecule has 11 nitrogen and oxygen atoms in total. The van der Waals surface area contributed by atoms with Gasteiger partial charge in [-0.25, -0.2) is 18.4 Å². The lowest BCUT2D eigenvalue weighted by molar-refractivity contribution is -0.123. The molecular formula is C27H39N5O6S. The van der Waals surface area contributed by atoms with Gasteiger partial charge in [-0.15, -0.1) is 0 Å². The molecule has 1 saturated carbocycles. The summed E-state index contributed by atoms with van der Waals surface area (Å²) >= 11 is 0. The Bertz CT molecular complexity index is 1230. The summed E-state index contributed by atoms with van der Waals surface area (Å²) in [5, 5.41) is 2.85. The van der Waals surface area contributed by atoms with Gasteiger partial charge in [0.15, 0.2) is 5.58 Å². The highest BCUT2D eigenvalue weighted by molar-refractivity contribution is 7.89. The number of ether oxygens (including phenoxy) is 1. The van der Waals surface area contributed by atoms with Crippen molar-refractivity contribution in [1.82, 2.24) is 19.9 Å². The summed E-state index contributed by atoms with van der Waals surface area (Å²) in [4.78, 5) is 37.6. The third-order valence-corrected chi connectivity index (χ3v) is 7.84. The molecule has 0 radical (unpaired) electrons. The molecular weight excluding hydrogens is 522 g/mol. The molecule has 1 aliphatic heterocycles.